The van der Waals surface area contributed by atoms with E-state index in [4.69, 9.17) is 5.73 Å². The van der Waals surface area contributed by atoms with E-state index in [9.17, 15) is 0 Å². The highest BCUT2D eigenvalue weighted by atomic mass is 14.6. The van der Waals surface area contributed by atoms with Gasteiger partial charge in [-0.3, -0.25) is 9.97 Å². The van der Waals surface area contributed by atoms with Gasteiger partial charge in [0.15, 0.2) is 0 Å². The number of hydrogen-bond acceptors (Lipinski definition) is 3. The van der Waals surface area contributed by atoms with Crippen LogP contribution in [-0.2, 0) is 0 Å². The molecule has 0 bridgehead atoms. The number of aromatic nitrogens is 2. The maximum Gasteiger partial charge on any atom is 0.0340 e. The third-order valence-corrected chi connectivity index (χ3v) is 3.79. The average molecular weight is 301 g/mol. The first-order valence-electron chi connectivity index (χ1n) is 7.65. The molecule has 0 spiro atoms. The molecule has 0 saturated heterocycles. The van der Waals surface area contributed by atoms with E-state index in [0.717, 1.165) is 16.7 Å². The molecule has 0 amide bonds. The first kappa shape index (κ1) is 15.1. The van der Waals surface area contributed by atoms with Crippen molar-refractivity contribution in [1.29, 1.82) is 0 Å². The Bertz CT molecular complexity index is 767. The van der Waals surface area contributed by atoms with Crippen LogP contribution in [0.2, 0.25) is 0 Å². The van der Waals surface area contributed by atoms with E-state index in [1.54, 1.807) is 12.4 Å². The number of pyridine rings is 2. The molecule has 3 rings (SSSR count). The second kappa shape index (κ2) is 7.47. The number of hydrogen-bond donors (Lipinski definition) is 1. The molecule has 3 heteroatoms. The fourth-order valence-corrected chi connectivity index (χ4v) is 2.58. The number of rotatable bonds is 5. The Kier molecular flexibility index (Phi) is 4.92. The molecule has 1 unspecified atom stereocenters. The van der Waals surface area contributed by atoms with Gasteiger partial charge in [-0.1, -0.05) is 42.5 Å². The van der Waals surface area contributed by atoms with E-state index in [1.165, 1.54) is 5.56 Å². The summed E-state index contributed by atoms with van der Waals surface area (Å²) >= 11 is 0. The molecule has 3 nitrogen and oxygen atoms in total. The van der Waals surface area contributed by atoms with Crippen molar-refractivity contribution in [2.24, 2.45) is 5.73 Å². The lowest BCUT2D eigenvalue weighted by molar-refractivity contribution is 0.813. The van der Waals surface area contributed by atoms with Gasteiger partial charge in [-0.05, 0) is 40.5 Å². The molecule has 2 heterocycles. The van der Waals surface area contributed by atoms with Crippen LogP contribution in [0.1, 0.15) is 28.2 Å². The third-order valence-electron chi connectivity index (χ3n) is 3.79. The minimum Gasteiger partial charge on any atom is -0.330 e. The van der Waals surface area contributed by atoms with Gasteiger partial charge < -0.3 is 5.73 Å². The quantitative estimate of drug-likeness (QED) is 0.781. The molecule has 2 N–H and O–H groups in total. The Morgan fingerprint density at radius 3 is 2.30 bits per heavy atom. The first-order valence-corrected chi connectivity index (χ1v) is 7.65. The third kappa shape index (κ3) is 3.90. The predicted octanol–water partition coefficient (Wildman–Crippen LogP) is 3.74. The second-order valence-corrected chi connectivity index (χ2v) is 5.36. The smallest absolute Gasteiger partial charge is 0.0340 e. The van der Waals surface area contributed by atoms with E-state index in [1.807, 2.05) is 42.7 Å². The molecule has 0 aliphatic rings. The molecule has 1 aromatic carbocycles. The van der Waals surface area contributed by atoms with Crippen LogP contribution in [0.4, 0.5) is 0 Å². The van der Waals surface area contributed by atoms with Gasteiger partial charge in [0.25, 0.3) is 0 Å². The Labute approximate surface area is 136 Å². The van der Waals surface area contributed by atoms with Crippen molar-refractivity contribution in [3.05, 3.63) is 95.6 Å². The van der Waals surface area contributed by atoms with Crippen molar-refractivity contribution in [2.75, 3.05) is 6.54 Å². The minimum absolute atomic E-state index is 0.165. The molecule has 114 valence electrons. The van der Waals surface area contributed by atoms with Gasteiger partial charge in [0, 0.05) is 37.3 Å². The van der Waals surface area contributed by atoms with Crippen LogP contribution < -0.4 is 5.73 Å². The zero-order valence-electron chi connectivity index (χ0n) is 12.8. The summed E-state index contributed by atoms with van der Waals surface area (Å²) in [6.45, 7) is 0.559. The van der Waals surface area contributed by atoms with Crippen LogP contribution in [-0.4, -0.2) is 16.5 Å². The fourth-order valence-electron chi connectivity index (χ4n) is 2.58. The Morgan fingerprint density at radius 1 is 0.826 bits per heavy atom. The summed E-state index contributed by atoms with van der Waals surface area (Å²) < 4.78 is 0. The van der Waals surface area contributed by atoms with Crippen molar-refractivity contribution < 1.29 is 0 Å². The van der Waals surface area contributed by atoms with Crippen molar-refractivity contribution in [1.82, 2.24) is 9.97 Å². The number of benzene rings is 1. The summed E-state index contributed by atoms with van der Waals surface area (Å²) in [6, 6.07) is 16.4. The van der Waals surface area contributed by atoms with Gasteiger partial charge >= 0.3 is 0 Å². The zero-order chi connectivity index (χ0) is 15.9. The normalized spacial score (nSPS) is 12.4. The molecule has 1 atom stereocenters. The summed E-state index contributed by atoms with van der Waals surface area (Å²) in [4.78, 5) is 8.39. The lowest BCUT2D eigenvalue weighted by Crippen LogP contribution is -2.14. The van der Waals surface area contributed by atoms with Gasteiger partial charge in [0.1, 0.15) is 0 Å². The molecular weight excluding hydrogens is 282 g/mol. The van der Waals surface area contributed by atoms with Crippen LogP contribution in [0.15, 0.2) is 73.3 Å². The average Bonchev–Trinajstić information content (AvgIpc) is 2.63. The fraction of sp³-hybridized carbons (Fsp3) is 0.100. The van der Waals surface area contributed by atoms with Gasteiger partial charge in [-0.2, -0.15) is 0 Å². The van der Waals surface area contributed by atoms with E-state index >= 15 is 0 Å². The van der Waals surface area contributed by atoms with Gasteiger partial charge in [0.05, 0.1) is 0 Å². The van der Waals surface area contributed by atoms with Crippen LogP contribution >= 0.6 is 0 Å². The molecule has 0 aliphatic heterocycles. The molecule has 23 heavy (non-hydrogen) atoms. The van der Waals surface area contributed by atoms with Crippen molar-refractivity contribution in [2.45, 2.75) is 5.92 Å². The van der Waals surface area contributed by atoms with Gasteiger partial charge in [-0.25, -0.2) is 0 Å². The molecule has 0 radical (unpaired) electrons. The first-order chi connectivity index (χ1) is 11.4. The van der Waals surface area contributed by atoms with Crippen molar-refractivity contribution in [3.8, 4) is 0 Å². The van der Waals surface area contributed by atoms with Crippen molar-refractivity contribution in [3.63, 3.8) is 0 Å². The predicted molar refractivity (Wildman–Crippen MR) is 94.7 cm³/mol. The molecular formula is C20H19N3. The van der Waals surface area contributed by atoms with E-state index in [-0.39, 0.29) is 5.92 Å². The van der Waals surface area contributed by atoms with Crippen LogP contribution in [0.5, 0.6) is 0 Å². The maximum atomic E-state index is 6.00. The van der Waals surface area contributed by atoms with Gasteiger partial charge in [0.2, 0.25) is 0 Å². The lowest BCUT2D eigenvalue weighted by atomic mass is 9.92. The Morgan fingerprint density at radius 2 is 1.57 bits per heavy atom. The summed E-state index contributed by atoms with van der Waals surface area (Å²) in [5.41, 5.74) is 10.5. The largest absolute Gasteiger partial charge is 0.330 e. The monoisotopic (exact) mass is 301 g/mol. The zero-order valence-corrected chi connectivity index (χ0v) is 12.8. The van der Waals surface area contributed by atoms with E-state index in [0.29, 0.717) is 6.54 Å². The molecule has 0 aliphatic carbocycles. The molecule has 0 fully saturated rings. The Balaban J connectivity index is 1.86. The van der Waals surface area contributed by atoms with Crippen LogP contribution in [0.3, 0.4) is 0 Å². The lowest BCUT2D eigenvalue weighted by Gasteiger charge is -2.15. The number of nitrogens with two attached hydrogens (primary N) is 1. The summed E-state index contributed by atoms with van der Waals surface area (Å²) in [5, 5.41) is 0. The SMILES string of the molecule is NCC(c1ccccc1)c1cncc(/C=C/c2ccncc2)c1. The summed E-state index contributed by atoms with van der Waals surface area (Å²) in [5.74, 6) is 0.165. The maximum absolute atomic E-state index is 6.00. The molecule has 0 saturated carbocycles. The summed E-state index contributed by atoms with van der Waals surface area (Å²) in [6.07, 6.45) is 11.4. The standard InChI is InChI=1S/C20H19N3/c21-13-20(18-4-2-1-3-5-18)19-12-17(14-23-15-19)7-6-16-8-10-22-11-9-16/h1-12,14-15,20H,13,21H2/b7-6+. The van der Waals surface area contributed by atoms with E-state index < -0.39 is 0 Å². The topological polar surface area (TPSA) is 51.8 Å². The minimum atomic E-state index is 0.165. The van der Waals surface area contributed by atoms with Crippen LogP contribution in [0, 0.1) is 0 Å². The van der Waals surface area contributed by atoms with Crippen molar-refractivity contribution >= 4 is 12.2 Å². The van der Waals surface area contributed by atoms with Crippen LogP contribution in [0.25, 0.3) is 12.2 Å². The summed E-state index contributed by atoms with van der Waals surface area (Å²) in [7, 11) is 0. The van der Waals surface area contributed by atoms with E-state index in [2.05, 4.69) is 40.3 Å². The highest BCUT2D eigenvalue weighted by molar-refractivity contribution is 5.69. The number of nitrogens with zero attached hydrogens (tertiary/aromatic N) is 2. The van der Waals surface area contributed by atoms with Gasteiger partial charge in [-0.15, -0.1) is 0 Å². The Hall–Kier alpha value is -2.78. The second-order valence-electron chi connectivity index (χ2n) is 5.36. The molecule has 3 aromatic rings. The highest BCUT2D eigenvalue weighted by Gasteiger charge is 2.12. The highest BCUT2D eigenvalue weighted by Crippen LogP contribution is 2.24. The molecule has 2 aromatic heterocycles.